The molecule has 7 nitrogen and oxygen atoms in total. The fraction of sp³-hybridized carbons (Fsp3) is 0.0741. The largest absolute Gasteiger partial charge is 0.496 e. The number of halogens is 1. The maximum absolute atomic E-state index is 12.6. The van der Waals surface area contributed by atoms with E-state index in [1.807, 2.05) is 78.9 Å². The number of fused-ring (bicyclic) bond motifs is 1. The van der Waals surface area contributed by atoms with Crippen LogP contribution in [0.25, 0.3) is 11.8 Å². The highest BCUT2D eigenvalue weighted by Gasteiger charge is 2.25. The normalized spacial score (nSPS) is 14.7. The fourth-order valence-electron chi connectivity index (χ4n) is 3.85. The van der Waals surface area contributed by atoms with Gasteiger partial charge in [-0.25, -0.2) is 4.68 Å². The van der Waals surface area contributed by atoms with Crippen LogP contribution in [0.15, 0.2) is 91.0 Å². The third-order valence-corrected chi connectivity index (χ3v) is 5.80. The van der Waals surface area contributed by atoms with E-state index in [1.165, 1.54) is 6.08 Å². The minimum absolute atomic E-state index is 0.198. The summed E-state index contributed by atoms with van der Waals surface area (Å²) in [6.07, 6.45) is 5.19. The van der Waals surface area contributed by atoms with Crippen LogP contribution in [0.1, 0.15) is 22.7 Å². The molecule has 0 fully saturated rings. The summed E-state index contributed by atoms with van der Waals surface area (Å²) in [7, 11) is 1.59. The molecule has 0 bridgehead atoms. The highest BCUT2D eigenvalue weighted by Crippen LogP contribution is 2.33. The van der Waals surface area contributed by atoms with E-state index in [2.05, 4.69) is 26.8 Å². The summed E-state index contributed by atoms with van der Waals surface area (Å²) in [5.41, 5.74) is 3.71. The van der Waals surface area contributed by atoms with E-state index in [4.69, 9.17) is 16.3 Å². The topological polar surface area (TPSA) is 81.1 Å². The number of nitrogens with one attached hydrogen (secondary N) is 2. The van der Waals surface area contributed by atoms with Gasteiger partial charge < -0.3 is 10.1 Å². The number of ether oxygens (including phenoxy) is 1. The zero-order valence-corrected chi connectivity index (χ0v) is 19.6. The van der Waals surface area contributed by atoms with Crippen molar-refractivity contribution in [2.75, 3.05) is 17.7 Å². The van der Waals surface area contributed by atoms with Crippen molar-refractivity contribution in [2.24, 2.45) is 0 Å². The molecule has 0 unspecified atom stereocenters. The molecule has 1 aromatic heterocycles. The van der Waals surface area contributed by atoms with Gasteiger partial charge in [0.25, 0.3) is 11.9 Å². The standard InChI is InChI=1S/C27H22ClN5O2/c1-35-24-10-6-5-9-20(24)13-16-25(34)30-26-31-27-29-22(18-7-3-2-4-8-18)17-23(33(27)32-26)19-11-14-21(28)15-12-19/h2-17,23H,1H3,(H2,29,30,31,32,34)/b16-13+/t23-/m0/s1. The summed E-state index contributed by atoms with van der Waals surface area (Å²) in [6.45, 7) is 0. The molecule has 1 aliphatic rings. The lowest BCUT2D eigenvalue weighted by Gasteiger charge is -2.24. The molecule has 0 spiro atoms. The van der Waals surface area contributed by atoms with Crippen LogP contribution in [0.4, 0.5) is 11.9 Å². The molecule has 4 aromatic rings. The first-order valence-electron chi connectivity index (χ1n) is 11.0. The van der Waals surface area contributed by atoms with E-state index >= 15 is 0 Å². The van der Waals surface area contributed by atoms with Crippen LogP contribution in [0.2, 0.25) is 5.02 Å². The predicted molar refractivity (Wildman–Crippen MR) is 138 cm³/mol. The monoisotopic (exact) mass is 483 g/mol. The number of hydrogen-bond donors (Lipinski definition) is 2. The number of para-hydroxylation sites is 1. The molecular weight excluding hydrogens is 462 g/mol. The smallest absolute Gasteiger partial charge is 0.250 e. The summed E-state index contributed by atoms with van der Waals surface area (Å²) in [5.74, 6) is 1.05. The zero-order valence-electron chi connectivity index (χ0n) is 18.9. The van der Waals surface area contributed by atoms with E-state index < -0.39 is 0 Å². The number of anilines is 2. The average Bonchev–Trinajstić information content (AvgIpc) is 3.30. The maximum Gasteiger partial charge on any atom is 0.250 e. The second-order valence-electron chi connectivity index (χ2n) is 7.84. The molecule has 1 atom stereocenters. The van der Waals surface area contributed by atoms with Crippen molar-refractivity contribution >= 4 is 41.2 Å². The Morgan fingerprint density at radius 1 is 1.06 bits per heavy atom. The first-order chi connectivity index (χ1) is 17.1. The van der Waals surface area contributed by atoms with Crippen molar-refractivity contribution in [1.29, 1.82) is 0 Å². The van der Waals surface area contributed by atoms with Gasteiger partial charge in [-0.1, -0.05) is 72.3 Å². The van der Waals surface area contributed by atoms with Crippen molar-refractivity contribution in [2.45, 2.75) is 6.04 Å². The molecule has 174 valence electrons. The van der Waals surface area contributed by atoms with Crippen molar-refractivity contribution in [3.8, 4) is 5.75 Å². The van der Waals surface area contributed by atoms with Gasteiger partial charge in [-0.2, -0.15) is 4.98 Å². The second-order valence-corrected chi connectivity index (χ2v) is 8.27. The number of methoxy groups -OCH3 is 1. The molecule has 1 amide bonds. The van der Waals surface area contributed by atoms with Crippen LogP contribution < -0.4 is 15.4 Å². The summed E-state index contributed by atoms with van der Waals surface area (Å²) >= 11 is 6.11. The minimum atomic E-state index is -0.349. The van der Waals surface area contributed by atoms with Crippen LogP contribution >= 0.6 is 11.6 Å². The average molecular weight is 484 g/mol. The number of carbonyl (C=O) groups is 1. The Morgan fingerprint density at radius 3 is 2.57 bits per heavy atom. The molecule has 2 N–H and O–H groups in total. The number of amides is 1. The van der Waals surface area contributed by atoms with Crippen molar-refractivity contribution in [3.63, 3.8) is 0 Å². The SMILES string of the molecule is COc1ccccc1/C=C/C(=O)Nc1nc2n(n1)[C@H](c1ccc(Cl)cc1)C=C(c1ccccc1)N2. The first kappa shape index (κ1) is 22.4. The van der Waals surface area contributed by atoms with Crippen LogP contribution in [-0.2, 0) is 4.79 Å². The molecular formula is C27H22ClN5O2. The minimum Gasteiger partial charge on any atom is -0.496 e. The van der Waals surface area contributed by atoms with Gasteiger partial charge in [0.15, 0.2) is 0 Å². The van der Waals surface area contributed by atoms with Gasteiger partial charge in [0.2, 0.25) is 5.95 Å². The van der Waals surface area contributed by atoms with Gasteiger partial charge >= 0.3 is 0 Å². The van der Waals surface area contributed by atoms with E-state index in [0.717, 1.165) is 22.4 Å². The molecule has 5 rings (SSSR count). The van der Waals surface area contributed by atoms with Crippen LogP contribution in [0.3, 0.4) is 0 Å². The highest BCUT2D eigenvalue weighted by molar-refractivity contribution is 6.30. The number of benzene rings is 3. The Bertz CT molecular complexity index is 1410. The van der Waals surface area contributed by atoms with Gasteiger partial charge in [0, 0.05) is 22.4 Å². The fourth-order valence-corrected chi connectivity index (χ4v) is 3.98. The van der Waals surface area contributed by atoms with Gasteiger partial charge in [0.1, 0.15) is 11.8 Å². The van der Waals surface area contributed by atoms with E-state index in [-0.39, 0.29) is 17.9 Å². The number of nitrogens with zero attached hydrogens (tertiary/aromatic N) is 3. The molecule has 0 saturated heterocycles. The highest BCUT2D eigenvalue weighted by atomic mass is 35.5. The third kappa shape index (κ3) is 4.95. The maximum atomic E-state index is 12.6. The molecule has 0 aliphatic carbocycles. The summed E-state index contributed by atoms with van der Waals surface area (Å²) in [5, 5.41) is 11.3. The number of aromatic nitrogens is 3. The lowest BCUT2D eigenvalue weighted by Crippen LogP contribution is -2.20. The lowest BCUT2D eigenvalue weighted by molar-refractivity contribution is -0.111. The quantitative estimate of drug-likeness (QED) is 0.346. The van der Waals surface area contributed by atoms with Gasteiger partial charge in [-0.15, -0.1) is 5.10 Å². The number of carbonyl (C=O) groups excluding carboxylic acids is 1. The Balaban J connectivity index is 1.42. The summed E-state index contributed by atoms with van der Waals surface area (Å²) in [6, 6.07) is 24.8. The van der Waals surface area contributed by atoms with E-state index in [9.17, 15) is 4.79 Å². The van der Waals surface area contributed by atoms with Crippen LogP contribution in [0, 0.1) is 0 Å². The van der Waals surface area contributed by atoms with E-state index in [1.54, 1.807) is 17.9 Å². The number of rotatable bonds is 6. The Kier molecular flexibility index (Phi) is 6.32. The second kappa shape index (κ2) is 9.87. The van der Waals surface area contributed by atoms with Gasteiger partial charge in [-0.05, 0) is 41.5 Å². The molecule has 35 heavy (non-hydrogen) atoms. The Labute approximate surface area is 207 Å². The van der Waals surface area contributed by atoms with Crippen molar-refractivity contribution in [1.82, 2.24) is 14.8 Å². The summed E-state index contributed by atoms with van der Waals surface area (Å²) < 4.78 is 7.07. The molecule has 2 heterocycles. The van der Waals surface area contributed by atoms with Crippen LogP contribution in [-0.4, -0.2) is 27.8 Å². The third-order valence-electron chi connectivity index (χ3n) is 5.55. The van der Waals surface area contributed by atoms with E-state index in [0.29, 0.717) is 16.7 Å². The lowest BCUT2D eigenvalue weighted by atomic mass is 10.0. The van der Waals surface area contributed by atoms with Gasteiger partial charge in [-0.3, -0.25) is 10.1 Å². The molecule has 0 radical (unpaired) electrons. The number of allylic oxidation sites excluding steroid dienone is 1. The molecule has 1 aliphatic heterocycles. The van der Waals surface area contributed by atoms with Crippen molar-refractivity contribution in [3.05, 3.63) is 113 Å². The number of hydrogen-bond acceptors (Lipinski definition) is 5. The first-order valence-corrected chi connectivity index (χ1v) is 11.4. The zero-order chi connectivity index (χ0) is 24.2. The molecule has 8 heteroatoms. The Hall–Kier alpha value is -4.36. The predicted octanol–water partition coefficient (Wildman–Crippen LogP) is 5.65. The van der Waals surface area contributed by atoms with Gasteiger partial charge in [0.05, 0.1) is 7.11 Å². The van der Waals surface area contributed by atoms with Crippen molar-refractivity contribution < 1.29 is 9.53 Å². The Morgan fingerprint density at radius 2 is 1.80 bits per heavy atom. The molecule has 3 aromatic carbocycles. The molecule has 0 saturated carbocycles. The summed E-state index contributed by atoms with van der Waals surface area (Å²) in [4.78, 5) is 17.1. The van der Waals surface area contributed by atoms with Crippen LogP contribution in [0.5, 0.6) is 5.75 Å².